The van der Waals surface area contributed by atoms with Crippen molar-refractivity contribution in [3.63, 3.8) is 0 Å². The first-order valence-corrected chi connectivity index (χ1v) is 5.96. The third-order valence-electron chi connectivity index (χ3n) is 3.04. The van der Waals surface area contributed by atoms with Gasteiger partial charge < -0.3 is 10.0 Å². The first-order valence-electron chi connectivity index (χ1n) is 5.96. The highest BCUT2D eigenvalue weighted by Crippen LogP contribution is 2.26. The van der Waals surface area contributed by atoms with Crippen molar-refractivity contribution in [1.29, 1.82) is 0 Å². The molecule has 3 nitrogen and oxygen atoms in total. The fraction of sp³-hybridized carbons (Fsp3) is 0.133. The van der Waals surface area contributed by atoms with E-state index in [1.165, 1.54) is 11.0 Å². The molecule has 104 valence electrons. The third-order valence-corrected chi connectivity index (χ3v) is 3.04. The molecule has 20 heavy (non-hydrogen) atoms. The van der Waals surface area contributed by atoms with Crippen LogP contribution in [0.1, 0.15) is 11.6 Å². The molecular weight excluding hydrogens is 264 g/mol. The van der Waals surface area contributed by atoms with Gasteiger partial charge in [0.05, 0.1) is 0 Å². The van der Waals surface area contributed by atoms with E-state index in [1.807, 2.05) is 6.07 Å². The van der Waals surface area contributed by atoms with E-state index in [4.69, 9.17) is 0 Å². The van der Waals surface area contributed by atoms with Crippen molar-refractivity contribution >= 4 is 11.7 Å². The van der Waals surface area contributed by atoms with Crippen LogP contribution >= 0.6 is 0 Å². The van der Waals surface area contributed by atoms with Gasteiger partial charge in [0.2, 0.25) is 0 Å². The molecule has 1 atom stereocenters. The van der Waals surface area contributed by atoms with Crippen LogP contribution in [0, 0.1) is 11.6 Å². The number of benzene rings is 2. The summed E-state index contributed by atoms with van der Waals surface area (Å²) < 4.78 is 26.2. The molecule has 0 radical (unpaired) electrons. The number of halogens is 2. The van der Waals surface area contributed by atoms with Gasteiger partial charge in [-0.1, -0.05) is 24.3 Å². The average Bonchev–Trinajstić information content (AvgIpc) is 2.43. The van der Waals surface area contributed by atoms with Crippen LogP contribution in [0.15, 0.2) is 48.5 Å². The topological polar surface area (TPSA) is 40.5 Å². The molecule has 0 aliphatic heterocycles. The maximum atomic E-state index is 13.3. The van der Waals surface area contributed by atoms with Crippen molar-refractivity contribution in [2.45, 2.75) is 6.04 Å². The Hall–Kier alpha value is -2.43. The molecule has 0 fully saturated rings. The van der Waals surface area contributed by atoms with Crippen LogP contribution in [0.25, 0.3) is 0 Å². The second kappa shape index (κ2) is 5.69. The van der Waals surface area contributed by atoms with Crippen LogP contribution < -0.4 is 4.90 Å². The summed E-state index contributed by atoms with van der Waals surface area (Å²) in [4.78, 5) is 12.9. The first kappa shape index (κ1) is 14.0. The van der Waals surface area contributed by atoms with Crippen LogP contribution in [0.2, 0.25) is 0 Å². The van der Waals surface area contributed by atoms with Crippen molar-refractivity contribution in [3.05, 3.63) is 65.7 Å². The molecule has 0 amide bonds. The standard InChI is InChI=1S/C15H13F2NO2/c1-18(11-5-3-2-4-6-11)14(15(19)20)10-7-8-12(16)13(17)9-10/h2-9,14H,1H3,(H,19,20). The Morgan fingerprint density at radius 3 is 2.30 bits per heavy atom. The van der Waals surface area contributed by atoms with Gasteiger partial charge in [0.25, 0.3) is 0 Å². The lowest BCUT2D eigenvalue weighted by atomic mass is 10.0. The molecule has 2 aromatic carbocycles. The lowest BCUT2D eigenvalue weighted by Gasteiger charge is -2.27. The van der Waals surface area contributed by atoms with Crippen molar-refractivity contribution in [2.24, 2.45) is 0 Å². The van der Waals surface area contributed by atoms with Gasteiger partial charge in [0.15, 0.2) is 17.7 Å². The van der Waals surface area contributed by atoms with Gasteiger partial charge in [-0.3, -0.25) is 0 Å². The van der Waals surface area contributed by atoms with Crippen LogP contribution in [0.5, 0.6) is 0 Å². The number of para-hydroxylation sites is 1. The van der Waals surface area contributed by atoms with E-state index in [0.717, 1.165) is 12.1 Å². The summed E-state index contributed by atoms with van der Waals surface area (Å²) in [5.74, 6) is -3.20. The molecule has 0 bridgehead atoms. The van der Waals surface area contributed by atoms with Gasteiger partial charge in [-0.05, 0) is 29.8 Å². The van der Waals surface area contributed by atoms with Crippen molar-refractivity contribution in [2.75, 3.05) is 11.9 Å². The summed E-state index contributed by atoms with van der Waals surface area (Å²) in [7, 11) is 1.59. The van der Waals surface area contributed by atoms with Crippen LogP contribution in [-0.2, 0) is 4.79 Å². The van der Waals surface area contributed by atoms with Crippen LogP contribution in [0.3, 0.4) is 0 Å². The summed E-state index contributed by atoms with van der Waals surface area (Å²) in [6, 6.07) is 10.9. The van der Waals surface area contributed by atoms with E-state index >= 15 is 0 Å². The lowest BCUT2D eigenvalue weighted by molar-refractivity contribution is -0.138. The third kappa shape index (κ3) is 2.77. The second-order valence-corrected chi connectivity index (χ2v) is 4.36. The fourth-order valence-electron chi connectivity index (χ4n) is 2.03. The predicted molar refractivity (Wildman–Crippen MR) is 71.6 cm³/mol. The molecule has 0 saturated heterocycles. The summed E-state index contributed by atoms with van der Waals surface area (Å²) >= 11 is 0. The van der Waals surface area contributed by atoms with Gasteiger partial charge in [-0.25, -0.2) is 13.6 Å². The number of nitrogens with zero attached hydrogens (tertiary/aromatic N) is 1. The molecule has 1 unspecified atom stereocenters. The second-order valence-electron chi connectivity index (χ2n) is 4.36. The predicted octanol–water partition coefficient (Wildman–Crippen LogP) is 3.23. The molecule has 0 aliphatic carbocycles. The molecule has 0 aliphatic rings. The van der Waals surface area contributed by atoms with E-state index < -0.39 is 23.6 Å². The van der Waals surface area contributed by atoms with E-state index in [2.05, 4.69) is 0 Å². The normalized spacial score (nSPS) is 11.9. The highest BCUT2D eigenvalue weighted by atomic mass is 19.2. The minimum Gasteiger partial charge on any atom is -0.479 e. The van der Waals surface area contributed by atoms with E-state index in [-0.39, 0.29) is 5.56 Å². The zero-order valence-corrected chi connectivity index (χ0v) is 10.8. The molecule has 0 saturated carbocycles. The quantitative estimate of drug-likeness (QED) is 0.932. The van der Waals surface area contributed by atoms with Crippen molar-refractivity contribution in [1.82, 2.24) is 0 Å². The summed E-state index contributed by atoms with van der Waals surface area (Å²) in [5.41, 5.74) is 0.854. The highest BCUT2D eigenvalue weighted by molar-refractivity contribution is 5.80. The Morgan fingerprint density at radius 2 is 1.75 bits per heavy atom. The summed E-state index contributed by atoms with van der Waals surface area (Å²) in [6.45, 7) is 0. The number of anilines is 1. The number of carboxylic acid groups (broad SMARTS) is 1. The maximum absolute atomic E-state index is 13.3. The van der Waals surface area contributed by atoms with E-state index in [1.54, 1.807) is 31.3 Å². The van der Waals surface area contributed by atoms with Gasteiger partial charge in [0.1, 0.15) is 0 Å². The zero-order valence-electron chi connectivity index (χ0n) is 10.8. The van der Waals surface area contributed by atoms with Crippen LogP contribution in [0.4, 0.5) is 14.5 Å². The Morgan fingerprint density at radius 1 is 1.10 bits per heavy atom. The molecule has 1 N–H and O–H groups in total. The molecule has 0 heterocycles. The van der Waals surface area contributed by atoms with E-state index in [0.29, 0.717) is 5.69 Å². The Labute approximate surface area is 115 Å². The van der Waals surface area contributed by atoms with Gasteiger partial charge in [0, 0.05) is 12.7 Å². The minimum atomic E-state index is -1.14. The molecular formula is C15H13F2NO2. The monoisotopic (exact) mass is 277 g/mol. The van der Waals surface area contributed by atoms with E-state index in [9.17, 15) is 18.7 Å². The van der Waals surface area contributed by atoms with Gasteiger partial charge in [-0.2, -0.15) is 0 Å². The minimum absolute atomic E-state index is 0.183. The zero-order chi connectivity index (χ0) is 14.7. The summed E-state index contributed by atoms with van der Waals surface area (Å²) in [5, 5.41) is 9.36. The Kier molecular flexibility index (Phi) is 3.98. The largest absolute Gasteiger partial charge is 0.479 e. The number of aliphatic carboxylic acids is 1. The van der Waals surface area contributed by atoms with Crippen molar-refractivity contribution < 1.29 is 18.7 Å². The number of carbonyl (C=O) groups is 1. The van der Waals surface area contributed by atoms with Crippen molar-refractivity contribution in [3.8, 4) is 0 Å². The van der Waals surface area contributed by atoms with Gasteiger partial charge >= 0.3 is 5.97 Å². The first-order chi connectivity index (χ1) is 9.50. The average molecular weight is 277 g/mol. The molecule has 2 rings (SSSR count). The molecule has 0 spiro atoms. The maximum Gasteiger partial charge on any atom is 0.331 e. The molecule has 0 aromatic heterocycles. The number of rotatable bonds is 4. The molecule has 2 aromatic rings. The number of likely N-dealkylation sites (N-methyl/N-ethyl adjacent to an activating group) is 1. The SMILES string of the molecule is CN(c1ccccc1)C(C(=O)O)c1ccc(F)c(F)c1. The Bertz CT molecular complexity index is 617. The number of hydrogen-bond acceptors (Lipinski definition) is 2. The molecule has 5 heteroatoms. The smallest absolute Gasteiger partial charge is 0.331 e. The fourth-order valence-corrected chi connectivity index (χ4v) is 2.03. The summed E-state index contributed by atoms with van der Waals surface area (Å²) in [6.07, 6.45) is 0. The van der Waals surface area contributed by atoms with Gasteiger partial charge in [-0.15, -0.1) is 0 Å². The Balaban J connectivity index is 2.41. The highest BCUT2D eigenvalue weighted by Gasteiger charge is 2.26. The number of hydrogen-bond donors (Lipinski definition) is 1. The lowest BCUT2D eigenvalue weighted by Crippen LogP contribution is -2.30. The van der Waals surface area contributed by atoms with Crippen LogP contribution in [-0.4, -0.2) is 18.1 Å². The number of carboxylic acids is 1.